The molecule has 2 rings (SSSR count). The summed E-state index contributed by atoms with van der Waals surface area (Å²) in [5.74, 6) is 0.389. The molecule has 0 atom stereocenters. The monoisotopic (exact) mass is 296 g/mol. The zero-order chi connectivity index (χ0) is 15.4. The van der Waals surface area contributed by atoms with E-state index in [1.54, 1.807) is 0 Å². The maximum atomic E-state index is 12.3. The Bertz CT molecular complexity index is 368. The van der Waals surface area contributed by atoms with Gasteiger partial charge in [0.25, 0.3) is 0 Å². The van der Waals surface area contributed by atoms with Crippen molar-refractivity contribution < 1.29 is 14.7 Å². The number of hydrogen-bond acceptors (Lipinski definition) is 3. The largest absolute Gasteiger partial charge is 0.393 e. The lowest BCUT2D eigenvalue weighted by Crippen LogP contribution is -2.47. The molecule has 2 fully saturated rings. The number of carbonyl (C=O) groups excluding carboxylic acids is 2. The van der Waals surface area contributed by atoms with Crippen LogP contribution in [0, 0.1) is 11.8 Å². The van der Waals surface area contributed by atoms with Crippen molar-refractivity contribution in [2.45, 2.75) is 64.5 Å². The maximum Gasteiger partial charge on any atom is 0.225 e. The van der Waals surface area contributed by atoms with Crippen LogP contribution in [-0.4, -0.2) is 47.1 Å². The van der Waals surface area contributed by atoms with Crippen LogP contribution >= 0.6 is 0 Å². The van der Waals surface area contributed by atoms with Crippen molar-refractivity contribution in [2.75, 3.05) is 13.1 Å². The minimum absolute atomic E-state index is 0.0315. The smallest absolute Gasteiger partial charge is 0.225 e. The molecule has 1 aliphatic carbocycles. The summed E-state index contributed by atoms with van der Waals surface area (Å²) in [6.45, 7) is 5.22. The number of amides is 2. The average Bonchev–Trinajstić information content (AvgIpc) is 2.49. The first-order valence-corrected chi connectivity index (χ1v) is 8.24. The minimum atomic E-state index is -0.191. The summed E-state index contributed by atoms with van der Waals surface area (Å²) in [4.78, 5) is 26.1. The molecule has 5 nitrogen and oxygen atoms in total. The second-order valence-corrected chi connectivity index (χ2v) is 6.77. The molecule has 1 saturated carbocycles. The van der Waals surface area contributed by atoms with Gasteiger partial charge in [-0.3, -0.25) is 9.59 Å². The number of hydrogen-bond donors (Lipinski definition) is 2. The molecule has 0 aromatic carbocycles. The minimum Gasteiger partial charge on any atom is -0.393 e. The quantitative estimate of drug-likeness (QED) is 0.825. The molecular formula is C16H28N2O3. The highest BCUT2D eigenvalue weighted by atomic mass is 16.3. The molecule has 0 spiro atoms. The molecule has 0 aromatic heterocycles. The normalized spacial score (nSPS) is 27.7. The summed E-state index contributed by atoms with van der Waals surface area (Å²) in [6, 6.07) is 0.219. The third-order valence-corrected chi connectivity index (χ3v) is 4.71. The Morgan fingerprint density at radius 2 is 1.62 bits per heavy atom. The van der Waals surface area contributed by atoms with E-state index in [4.69, 9.17) is 0 Å². The van der Waals surface area contributed by atoms with Crippen LogP contribution in [0.3, 0.4) is 0 Å². The topological polar surface area (TPSA) is 69.6 Å². The summed E-state index contributed by atoms with van der Waals surface area (Å²) >= 11 is 0. The third-order valence-electron chi connectivity index (χ3n) is 4.71. The number of aliphatic hydroxyl groups excluding tert-OH is 1. The van der Waals surface area contributed by atoms with Gasteiger partial charge in [0.1, 0.15) is 0 Å². The average molecular weight is 296 g/mol. The molecule has 1 heterocycles. The molecule has 5 heteroatoms. The van der Waals surface area contributed by atoms with Gasteiger partial charge in [0.15, 0.2) is 0 Å². The van der Waals surface area contributed by atoms with Crippen molar-refractivity contribution in [1.29, 1.82) is 0 Å². The highest BCUT2D eigenvalue weighted by molar-refractivity contribution is 5.81. The van der Waals surface area contributed by atoms with E-state index >= 15 is 0 Å². The standard InChI is InChI=1S/C16H28N2O3/c1-11(2)16(21)18-9-7-12(8-10-18)15(20)17-13-3-5-14(19)6-4-13/h11-14,19H,3-10H2,1-2H3,(H,17,20). The molecule has 1 saturated heterocycles. The predicted octanol–water partition coefficient (Wildman–Crippen LogP) is 1.30. The predicted molar refractivity (Wildman–Crippen MR) is 80.5 cm³/mol. The van der Waals surface area contributed by atoms with Crippen LogP contribution in [0.15, 0.2) is 0 Å². The zero-order valence-electron chi connectivity index (χ0n) is 13.2. The molecule has 2 N–H and O–H groups in total. The fourth-order valence-electron chi connectivity index (χ4n) is 3.27. The molecule has 2 amide bonds. The number of rotatable bonds is 3. The third kappa shape index (κ3) is 4.43. The molecule has 2 aliphatic rings. The Morgan fingerprint density at radius 1 is 1.05 bits per heavy atom. The van der Waals surface area contributed by atoms with E-state index in [0.717, 1.165) is 38.5 Å². The van der Waals surface area contributed by atoms with E-state index in [1.807, 2.05) is 18.7 Å². The van der Waals surface area contributed by atoms with Gasteiger partial charge in [0, 0.05) is 31.0 Å². The SMILES string of the molecule is CC(C)C(=O)N1CCC(C(=O)NC2CCC(O)CC2)CC1. The van der Waals surface area contributed by atoms with Crippen LogP contribution in [0.5, 0.6) is 0 Å². The summed E-state index contributed by atoms with van der Waals surface area (Å²) in [6.07, 6.45) is 4.65. The van der Waals surface area contributed by atoms with Crippen LogP contribution in [-0.2, 0) is 9.59 Å². The van der Waals surface area contributed by atoms with Crippen molar-refractivity contribution >= 4 is 11.8 Å². The Hall–Kier alpha value is -1.10. The van der Waals surface area contributed by atoms with E-state index in [9.17, 15) is 14.7 Å². The molecule has 0 bridgehead atoms. The van der Waals surface area contributed by atoms with Gasteiger partial charge in [-0.2, -0.15) is 0 Å². The van der Waals surface area contributed by atoms with Crippen molar-refractivity contribution in [3.63, 3.8) is 0 Å². The Morgan fingerprint density at radius 3 is 2.14 bits per heavy atom. The fourth-order valence-corrected chi connectivity index (χ4v) is 3.27. The zero-order valence-corrected chi connectivity index (χ0v) is 13.2. The number of nitrogens with zero attached hydrogens (tertiary/aromatic N) is 1. The highest BCUT2D eigenvalue weighted by Crippen LogP contribution is 2.22. The molecule has 0 radical (unpaired) electrons. The van der Waals surface area contributed by atoms with E-state index in [2.05, 4.69) is 5.32 Å². The number of nitrogens with one attached hydrogen (secondary N) is 1. The van der Waals surface area contributed by atoms with Crippen molar-refractivity contribution in [3.05, 3.63) is 0 Å². The number of piperidine rings is 1. The van der Waals surface area contributed by atoms with E-state index in [-0.39, 0.29) is 35.8 Å². The van der Waals surface area contributed by atoms with E-state index in [0.29, 0.717) is 13.1 Å². The lowest BCUT2D eigenvalue weighted by atomic mass is 9.91. The summed E-state index contributed by atoms with van der Waals surface area (Å²) in [7, 11) is 0. The van der Waals surface area contributed by atoms with Crippen molar-refractivity contribution in [2.24, 2.45) is 11.8 Å². The Balaban J connectivity index is 1.74. The Kier molecular flexibility index (Phi) is 5.62. The van der Waals surface area contributed by atoms with Gasteiger partial charge in [-0.15, -0.1) is 0 Å². The van der Waals surface area contributed by atoms with E-state index in [1.165, 1.54) is 0 Å². The van der Waals surface area contributed by atoms with Crippen molar-refractivity contribution in [3.8, 4) is 0 Å². The molecule has 1 aliphatic heterocycles. The molecule has 21 heavy (non-hydrogen) atoms. The number of carbonyl (C=O) groups is 2. The summed E-state index contributed by atoms with van der Waals surface area (Å²) in [5, 5.41) is 12.6. The van der Waals surface area contributed by atoms with Gasteiger partial charge in [-0.05, 0) is 38.5 Å². The summed E-state index contributed by atoms with van der Waals surface area (Å²) < 4.78 is 0. The van der Waals surface area contributed by atoms with Gasteiger partial charge in [-0.25, -0.2) is 0 Å². The molecule has 0 aromatic rings. The fraction of sp³-hybridized carbons (Fsp3) is 0.875. The van der Waals surface area contributed by atoms with Crippen LogP contribution in [0.2, 0.25) is 0 Å². The number of aliphatic hydroxyl groups is 1. The first-order valence-electron chi connectivity index (χ1n) is 8.24. The second kappa shape index (κ2) is 7.25. The van der Waals surface area contributed by atoms with Crippen molar-refractivity contribution in [1.82, 2.24) is 10.2 Å². The van der Waals surface area contributed by atoms with Gasteiger partial charge < -0.3 is 15.3 Å². The molecule has 120 valence electrons. The number of likely N-dealkylation sites (tertiary alicyclic amines) is 1. The lowest BCUT2D eigenvalue weighted by molar-refractivity contribution is -0.138. The summed E-state index contributed by atoms with van der Waals surface area (Å²) in [5.41, 5.74) is 0. The first-order chi connectivity index (χ1) is 9.97. The Labute approximate surface area is 127 Å². The lowest BCUT2D eigenvalue weighted by Gasteiger charge is -2.34. The van der Waals surface area contributed by atoms with Crippen LogP contribution < -0.4 is 5.32 Å². The van der Waals surface area contributed by atoms with Gasteiger partial charge in [0.2, 0.25) is 11.8 Å². The first kappa shape index (κ1) is 16.3. The second-order valence-electron chi connectivity index (χ2n) is 6.77. The van der Waals surface area contributed by atoms with E-state index < -0.39 is 0 Å². The van der Waals surface area contributed by atoms with Crippen LogP contribution in [0.1, 0.15) is 52.4 Å². The highest BCUT2D eigenvalue weighted by Gasteiger charge is 2.30. The van der Waals surface area contributed by atoms with Gasteiger partial charge >= 0.3 is 0 Å². The van der Waals surface area contributed by atoms with Gasteiger partial charge in [-0.1, -0.05) is 13.8 Å². The molecule has 0 unspecified atom stereocenters. The van der Waals surface area contributed by atoms with Crippen LogP contribution in [0.4, 0.5) is 0 Å². The van der Waals surface area contributed by atoms with Crippen LogP contribution in [0.25, 0.3) is 0 Å². The molecular weight excluding hydrogens is 268 g/mol. The van der Waals surface area contributed by atoms with Gasteiger partial charge in [0.05, 0.1) is 6.10 Å². The maximum absolute atomic E-state index is 12.3.